The number of rotatable bonds is 3. The minimum Gasteiger partial charge on any atom is -0.391 e. The van der Waals surface area contributed by atoms with E-state index in [2.05, 4.69) is 18.7 Å². The lowest BCUT2D eigenvalue weighted by atomic mass is 9.82. The highest BCUT2D eigenvalue weighted by molar-refractivity contribution is 4.82. The fourth-order valence-corrected chi connectivity index (χ4v) is 2.61. The van der Waals surface area contributed by atoms with Gasteiger partial charge in [0.2, 0.25) is 0 Å². The minimum absolute atomic E-state index is 0.191. The second-order valence-corrected chi connectivity index (χ2v) is 6.16. The fraction of sp³-hybridized carbons (Fsp3) is 1.00. The molecule has 0 aromatic heterocycles. The van der Waals surface area contributed by atoms with Gasteiger partial charge in [-0.05, 0) is 37.8 Å². The van der Waals surface area contributed by atoms with Crippen LogP contribution in [0, 0.1) is 11.3 Å². The number of ether oxygens (including phenoxy) is 1. The number of piperidine rings is 1. The van der Waals surface area contributed by atoms with Crippen molar-refractivity contribution in [2.75, 3.05) is 32.8 Å². The van der Waals surface area contributed by atoms with E-state index in [0.717, 1.165) is 39.3 Å². The van der Waals surface area contributed by atoms with Crippen LogP contribution < -0.4 is 0 Å². The second-order valence-electron chi connectivity index (χ2n) is 6.16. The average molecular weight is 227 g/mol. The van der Waals surface area contributed by atoms with Gasteiger partial charge in [-0.3, -0.25) is 0 Å². The summed E-state index contributed by atoms with van der Waals surface area (Å²) in [5.74, 6) is 0.370. The lowest BCUT2D eigenvalue weighted by molar-refractivity contribution is 0.0346. The van der Waals surface area contributed by atoms with E-state index in [4.69, 9.17) is 4.74 Å². The van der Waals surface area contributed by atoms with Crippen molar-refractivity contribution >= 4 is 0 Å². The van der Waals surface area contributed by atoms with E-state index >= 15 is 0 Å². The van der Waals surface area contributed by atoms with Crippen molar-refractivity contribution in [2.45, 2.75) is 39.2 Å². The Labute approximate surface area is 98.8 Å². The molecule has 94 valence electrons. The Hall–Kier alpha value is -0.120. The van der Waals surface area contributed by atoms with Gasteiger partial charge in [-0.1, -0.05) is 13.8 Å². The number of hydrogen-bond donors (Lipinski definition) is 1. The topological polar surface area (TPSA) is 32.7 Å². The fourth-order valence-electron chi connectivity index (χ4n) is 2.61. The molecule has 0 aromatic carbocycles. The molecule has 0 aliphatic carbocycles. The number of likely N-dealkylation sites (tertiary alicyclic amines) is 1. The first kappa shape index (κ1) is 12.3. The molecule has 0 radical (unpaired) electrons. The molecule has 2 heterocycles. The van der Waals surface area contributed by atoms with E-state index in [1.54, 1.807) is 0 Å². The van der Waals surface area contributed by atoms with Gasteiger partial charge in [-0.25, -0.2) is 0 Å². The largest absolute Gasteiger partial charge is 0.391 e. The molecule has 1 N–H and O–H groups in total. The van der Waals surface area contributed by atoms with Crippen LogP contribution in [0.3, 0.4) is 0 Å². The molecule has 3 nitrogen and oxygen atoms in total. The highest BCUT2D eigenvalue weighted by atomic mass is 16.5. The maximum Gasteiger partial charge on any atom is 0.0718 e. The van der Waals surface area contributed by atoms with Crippen LogP contribution in [0.2, 0.25) is 0 Å². The zero-order valence-electron chi connectivity index (χ0n) is 10.6. The Bertz CT molecular complexity index is 214. The van der Waals surface area contributed by atoms with E-state index in [0.29, 0.717) is 11.3 Å². The van der Waals surface area contributed by atoms with Crippen LogP contribution in [-0.2, 0) is 4.74 Å². The number of aliphatic hydroxyl groups is 1. The normalized spacial score (nSPS) is 32.8. The Morgan fingerprint density at radius 2 is 2.06 bits per heavy atom. The SMILES string of the molecule is CC1(C)CCN(CC(O)C2CCOC2)CC1. The summed E-state index contributed by atoms with van der Waals surface area (Å²) in [6.45, 7) is 9.37. The molecule has 0 bridgehead atoms. The lowest BCUT2D eigenvalue weighted by Crippen LogP contribution is -2.43. The van der Waals surface area contributed by atoms with Crippen molar-refractivity contribution in [3.8, 4) is 0 Å². The highest BCUT2D eigenvalue weighted by Gasteiger charge is 2.29. The number of aliphatic hydroxyl groups excluding tert-OH is 1. The third-order valence-electron chi connectivity index (χ3n) is 4.16. The Morgan fingerprint density at radius 3 is 2.62 bits per heavy atom. The number of hydrogen-bond acceptors (Lipinski definition) is 3. The predicted molar refractivity (Wildman–Crippen MR) is 64.4 cm³/mol. The van der Waals surface area contributed by atoms with E-state index in [9.17, 15) is 5.11 Å². The molecule has 3 heteroatoms. The van der Waals surface area contributed by atoms with Crippen molar-refractivity contribution in [3.05, 3.63) is 0 Å². The van der Waals surface area contributed by atoms with E-state index in [1.165, 1.54) is 12.8 Å². The number of β-amino-alcohol motifs (C(OH)–C–C–N with tert-alkyl or cyclic N) is 1. The van der Waals surface area contributed by atoms with Crippen LogP contribution in [0.15, 0.2) is 0 Å². The molecule has 2 saturated heterocycles. The predicted octanol–water partition coefficient (Wildman–Crippen LogP) is 1.51. The summed E-state index contributed by atoms with van der Waals surface area (Å²) in [6, 6.07) is 0. The Kier molecular flexibility index (Phi) is 3.88. The first-order valence-corrected chi connectivity index (χ1v) is 6.55. The monoisotopic (exact) mass is 227 g/mol. The van der Waals surface area contributed by atoms with Crippen molar-refractivity contribution in [1.29, 1.82) is 0 Å². The van der Waals surface area contributed by atoms with Gasteiger partial charge in [0.15, 0.2) is 0 Å². The van der Waals surface area contributed by atoms with Gasteiger partial charge in [-0.2, -0.15) is 0 Å². The summed E-state index contributed by atoms with van der Waals surface area (Å²) >= 11 is 0. The highest BCUT2D eigenvalue weighted by Crippen LogP contribution is 2.30. The first-order valence-electron chi connectivity index (χ1n) is 6.55. The molecular formula is C13H25NO2. The van der Waals surface area contributed by atoms with Gasteiger partial charge in [0, 0.05) is 19.1 Å². The molecule has 2 atom stereocenters. The zero-order valence-corrected chi connectivity index (χ0v) is 10.6. The maximum absolute atomic E-state index is 10.1. The third kappa shape index (κ3) is 3.19. The van der Waals surface area contributed by atoms with Crippen LogP contribution >= 0.6 is 0 Å². The molecule has 0 spiro atoms. The Morgan fingerprint density at radius 1 is 1.38 bits per heavy atom. The summed E-state index contributed by atoms with van der Waals surface area (Å²) in [6.07, 6.45) is 3.34. The van der Waals surface area contributed by atoms with Crippen LogP contribution in [0.5, 0.6) is 0 Å². The van der Waals surface area contributed by atoms with Gasteiger partial charge in [0.1, 0.15) is 0 Å². The van der Waals surface area contributed by atoms with Crippen molar-refractivity contribution in [2.24, 2.45) is 11.3 Å². The molecular weight excluding hydrogens is 202 g/mol. The van der Waals surface area contributed by atoms with E-state index < -0.39 is 0 Å². The zero-order chi connectivity index (χ0) is 11.6. The quantitative estimate of drug-likeness (QED) is 0.793. The summed E-state index contributed by atoms with van der Waals surface area (Å²) in [5, 5.41) is 10.1. The molecule has 0 saturated carbocycles. The first-order chi connectivity index (χ1) is 7.57. The van der Waals surface area contributed by atoms with E-state index in [-0.39, 0.29) is 6.10 Å². The van der Waals surface area contributed by atoms with Crippen molar-refractivity contribution < 1.29 is 9.84 Å². The van der Waals surface area contributed by atoms with Crippen LogP contribution in [-0.4, -0.2) is 49.0 Å². The van der Waals surface area contributed by atoms with Gasteiger partial charge < -0.3 is 14.7 Å². The Balaban J connectivity index is 1.73. The van der Waals surface area contributed by atoms with Gasteiger partial charge in [0.25, 0.3) is 0 Å². The molecule has 2 aliphatic heterocycles. The number of nitrogens with zero attached hydrogens (tertiary/aromatic N) is 1. The van der Waals surface area contributed by atoms with Gasteiger partial charge in [0.05, 0.1) is 12.7 Å². The summed E-state index contributed by atoms with van der Waals surface area (Å²) in [7, 11) is 0. The maximum atomic E-state index is 10.1. The summed E-state index contributed by atoms with van der Waals surface area (Å²) < 4.78 is 5.32. The molecule has 2 fully saturated rings. The average Bonchev–Trinajstić information content (AvgIpc) is 2.74. The van der Waals surface area contributed by atoms with Crippen molar-refractivity contribution in [1.82, 2.24) is 4.90 Å². The van der Waals surface area contributed by atoms with Crippen LogP contribution in [0.4, 0.5) is 0 Å². The van der Waals surface area contributed by atoms with Crippen molar-refractivity contribution in [3.63, 3.8) is 0 Å². The minimum atomic E-state index is -0.191. The molecule has 2 unspecified atom stereocenters. The summed E-state index contributed by atoms with van der Waals surface area (Å²) in [4.78, 5) is 2.41. The van der Waals surface area contributed by atoms with Gasteiger partial charge in [-0.15, -0.1) is 0 Å². The smallest absolute Gasteiger partial charge is 0.0718 e. The molecule has 2 rings (SSSR count). The standard InChI is InChI=1S/C13H25NO2/c1-13(2)4-6-14(7-5-13)9-12(15)11-3-8-16-10-11/h11-12,15H,3-10H2,1-2H3. The van der Waals surface area contributed by atoms with Crippen LogP contribution in [0.1, 0.15) is 33.1 Å². The van der Waals surface area contributed by atoms with E-state index in [1.807, 2.05) is 0 Å². The molecule has 16 heavy (non-hydrogen) atoms. The summed E-state index contributed by atoms with van der Waals surface area (Å²) in [5.41, 5.74) is 0.498. The second kappa shape index (κ2) is 5.03. The molecule has 0 amide bonds. The third-order valence-corrected chi connectivity index (χ3v) is 4.16. The van der Waals surface area contributed by atoms with Crippen LogP contribution in [0.25, 0.3) is 0 Å². The molecule has 2 aliphatic rings. The molecule has 0 aromatic rings. The lowest BCUT2D eigenvalue weighted by Gasteiger charge is -2.38. The van der Waals surface area contributed by atoms with Gasteiger partial charge >= 0.3 is 0 Å².